The van der Waals surface area contributed by atoms with Gasteiger partial charge in [0.25, 0.3) is 0 Å². The van der Waals surface area contributed by atoms with Crippen molar-refractivity contribution in [3.8, 4) is 6.07 Å². The number of nitriles is 1. The number of piperazine rings is 1. The monoisotopic (exact) mass is 350 g/mol. The van der Waals surface area contributed by atoms with Gasteiger partial charge in [0.05, 0.1) is 16.9 Å². The highest BCUT2D eigenvalue weighted by Crippen LogP contribution is 2.20. The number of aryl methyl sites for hydroxylation is 3. The van der Waals surface area contributed by atoms with Gasteiger partial charge < -0.3 is 15.1 Å². The maximum atomic E-state index is 12.6. The van der Waals surface area contributed by atoms with E-state index in [1.807, 2.05) is 32.9 Å². The van der Waals surface area contributed by atoms with Gasteiger partial charge in [-0.2, -0.15) is 5.26 Å². The van der Waals surface area contributed by atoms with E-state index in [0.717, 1.165) is 28.5 Å². The first kappa shape index (κ1) is 17.7. The third kappa shape index (κ3) is 3.75. The molecule has 0 saturated carbocycles. The van der Waals surface area contributed by atoms with E-state index >= 15 is 0 Å². The molecule has 1 saturated heterocycles. The number of rotatable bonds is 2. The van der Waals surface area contributed by atoms with Gasteiger partial charge in [-0.05, 0) is 44.5 Å². The van der Waals surface area contributed by atoms with Crippen LogP contribution in [-0.2, 0) is 0 Å². The molecule has 1 fully saturated rings. The lowest BCUT2D eigenvalue weighted by molar-refractivity contribution is 0.208. The molecule has 134 valence electrons. The van der Waals surface area contributed by atoms with Crippen molar-refractivity contribution in [3.05, 3.63) is 46.9 Å². The first-order valence-electron chi connectivity index (χ1n) is 8.60. The van der Waals surface area contributed by atoms with Crippen molar-refractivity contribution in [3.63, 3.8) is 0 Å². The lowest BCUT2D eigenvalue weighted by Crippen LogP contribution is -2.50. The molecule has 1 aliphatic heterocycles. The molecule has 0 spiro atoms. The maximum Gasteiger partial charge on any atom is 0.322 e. The fourth-order valence-corrected chi connectivity index (χ4v) is 3.18. The van der Waals surface area contributed by atoms with E-state index in [1.54, 1.807) is 17.2 Å². The maximum absolute atomic E-state index is 12.6. The Labute approximate surface area is 153 Å². The molecule has 0 atom stereocenters. The molecule has 0 bridgehead atoms. The molecule has 0 aliphatic carbocycles. The van der Waals surface area contributed by atoms with Crippen LogP contribution >= 0.6 is 0 Å². The highest BCUT2D eigenvalue weighted by molar-refractivity contribution is 5.91. The number of urea groups is 1. The van der Waals surface area contributed by atoms with Gasteiger partial charge >= 0.3 is 6.03 Å². The molecular formula is C19H22N6O. The zero-order valence-corrected chi connectivity index (χ0v) is 15.3. The van der Waals surface area contributed by atoms with Crippen LogP contribution in [0.5, 0.6) is 0 Å². The van der Waals surface area contributed by atoms with Crippen molar-refractivity contribution in [2.45, 2.75) is 20.8 Å². The summed E-state index contributed by atoms with van der Waals surface area (Å²) in [6, 6.07) is 7.54. The molecule has 2 aromatic rings. The summed E-state index contributed by atoms with van der Waals surface area (Å²) in [5, 5.41) is 11.9. The number of amides is 2. The zero-order valence-electron chi connectivity index (χ0n) is 15.3. The number of anilines is 2. The molecule has 0 aromatic carbocycles. The predicted octanol–water partition coefficient (Wildman–Crippen LogP) is 2.63. The summed E-state index contributed by atoms with van der Waals surface area (Å²) in [7, 11) is 0. The fourth-order valence-electron chi connectivity index (χ4n) is 3.18. The minimum atomic E-state index is -0.103. The van der Waals surface area contributed by atoms with Crippen LogP contribution in [0.15, 0.2) is 24.4 Å². The van der Waals surface area contributed by atoms with Gasteiger partial charge in [0.1, 0.15) is 11.9 Å². The SMILES string of the molecule is Cc1cc(C)c(NC(=O)N2CCN(c3ccc(C#N)cn3)CC2)c(C)n1. The highest BCUT2D eigenvalue weighted by Gasteiger charge is 2.22. The van der Waals surface area contributed by atoms with Crippen molar-refractivity contribution in [1.29, 1.82) is 5.26 Å². The van der Waals surface area contributed by atoms with E-state index < -0.39 is 0 Å². The number of carbonyl (C=O) groups is 1. The molecule has 2 aromatic heterocycles. The standard InChI is InChI=1S/C19H22N6O/c1-13-10-14(2)22-15(3)18(13)23-19(26)25-8-6-24(7-9-25)17-5-4-16(11-20)12-21-17/h4-5,10,12H,6-9H2,1-3H3,(H,23,26). The Morgan fingerprint density at radius 1 is 1.19 bits per heavy atom. The van der Waals surface area contributed by atoms with Gasteiger partial charge in [0.15, 0.2) is 0 Å². The van der Waals surface area contributed by atoms with Gasteiger partial charge in [-0.15, -0.1) is 0 Å². The third-order valence-corrected chi connectivity index (χ3v) is 4.53. The summed E-state index contributed by atoms with van der Waals surface area (Å²) in [5.41, 5.74) is 4.13. The molecule has 7 heteroatoms. The van der Waals surface area contributed by atoms with Crippen LogP contribution in [0.3, 0.4) is 0 Å². The van der Waals surface area contributed by atoms with Crippen molar-refractivity contribution in [2.75, 3.05) is 36.4 Å². The summed E-state index contributed by atoms with van der Waals surface area (Å²) < 4.78 is 0. The van der Waals surface area contributed by atoms with Crippen LogP contribution in [0.1, 0.15) is 22.5 Å². The minimum absolute atomic E-state index is 0.103. The second-order valence-electron chi connectivity index (χ2n) is 6.46. The number of hydrogen-bond acceptors (Lipinski definition) is 5. The molecule has 0 unspecified atom stereocenters. The number of hydrogen-bond donors (Lipinski definition) is 1. The van der Waals surface area contributed by atoms with E-state index in [0.29, 0.717) is 31.7 Å². The minimum Gasteiger partial charge on any atom is -0.353 e. The fraction of sp³-hybridized carbons (Fsp3) is 0.368. The lowest BCUT2D eigenvalue weighted by Gasteiger charge is -2.35. The molecule has 1 N–H and O–H groups in total. The van der Waals surface area contributed by atoms with E-state index in [1.165, 1.54) is 0 Å². The number of pyridine rings is 2. The molecule has 1 aliphatic rings. The van der Waals surface area contributed by atoms with Crippen LogP contribution in [0.4, 0.5) is 16.3 Å². The molecule has 0 radical (unpaired) electrons. The molecule has 7 nitrogen and oxygen atoms in total. The van der Waals surface area contributed by atoms with E-state index in [9.17, 15) is 4.79 Å². The first-order chi connectivity index (χ1) is 12.5. The van der Waals surface area contributed by atoms with Crippen LogP contribution in [0.2, 0.25) is 0 Å². The first-order valence-corrected chi connectivity index (χ1v) is 8.60. The molecule has 3 rings (SSSR count). The second-order valence-corrected chi connectivity index (χ2v) is 6.46. The molecule has 3 heterocycles. The Hall–Kier alpha value is -3.14. The normalized spacial score (nSPS) is 14.1. The van der Waals surface area contributed by atoms with Crippen LogP contribution in [0.25, 0.3) is 0 Å². The average Bonchev–Trinajstić information content (AvgIpc) is 2.64. The Kier molecular flexibility index (Phi) is 5.03. The Balaban J connectivity index is 1.61. The Morgan fingerprint density at radius 2 is 1.92 bits per heavy atom. The Morgan fingerprint density at radius 3 is 2.50 bits per heavy atom. The summed E-state index contributed by atoms with van der Waals surface area (Å²) >= 11 is 0. The summed E-state index contributed by atoms with van der Waals surface area (Å²) in [4.78, 5) is 25.3. The van der Waals surface area contributed by atoms with Gasteiger partial charge in [0, 0.05) is 38.1 Å². The smallest absolute Gasteiger partial charge is 0.322 e. The van der Waals surface area contributed by atoms with E-state index in [4.69, 9.17) is 5.26 Å². The van der Waals surface area contributed by atoms with Crippen molar-refractivity contribution in [1.82, 2.24) is 14.9 Å². The molecule has 26 heavy (non-hydrogen) atoms. The quantitative estimate of drug-likeness (QED) is 0.900. The second kappa shape index (κ2) is 7.40. The third-order valence-electron chi connectivity index (χ3n) is 4.53. The van der Waals surface area contributed by atoms with Crippen molar-refractivity contribution in [2.24, 2.45) is 0 Å². The largest absolute Gasteiger partial charge is 0.353 e. The number of nitrogens with zero attached hydrogens (tertiary/aromatic N) is 5. The average molecular weight is 350 g/mol. The summed E-state index contributed by atoms with van der Waals surface area (Å²) in [5.74, 6) is 0.832. The van der Waals surface area contributed by atoms with Crippen LogP contribution in [0, 0.1) is 32.1 Å². The highest BCUT2D eigenvalue weighted by atomic mass is 16.2. The summed E-state index contributed by atoms with van der Waals surface area (Å²) in [6.45, 7) is 8.47. The molecular weight excluding hydrogens is 328 g/mol. The number of nitrogens with one attached hydrogen (secondary N) is 1. The van der Waals surface area contributed by atoms with Gasteiger partial charge in [-0.1, -0.05) is 0 Å². The zero-order chi connectivity index (χ0) is 18.7. The van der Waals surface area contributed by atoms with Crippen LogP contribution < -0.4 is 10.2 Å². The van der Waals surface area contributed by atoms with Gasteiger partial charge in [-0.25, -0.2) is 9.78 Å². The number of carbonyl (C=O) groups excluding carboxylic acids is 1. The lowest BCUT2D eigenvalue weighted by atomic mass is 10.1. The van der Waals surface area contributed by atoms with E-state index in [2.05, 4.69) is 26.3 Å². The van der Waals surface area contributed by atoms with Crippen molar-refractivity contribution < 1.29 is 4.79 Å². The van der Waals surface area contributed by atoms with Crippen LogP contribution in [-0.4, -0.2) is 47.1 Å². The predicted molar refractivity (Wildman–Crippen MR) is 100 cm³/mol. The van der Waals surface area contributed by atoms with Gasteiger partial charge in [0.2, 0.25) is 0 Å². The topological polar surface area (TPSA) is 85.2 Å². The Bertz CT molecular complexity index is 824. The van der Waals surface area contributed by atoms with Gasteiger partial charge in [-0.3, -0.25) is 4.98 Å². The number of aromatic nitrogens is 2. The van der Waals surface area contributed by atoms with Crippen molar-refractivity contribution >= 4 is 17.5 Å². The summed E-state index contributed by atoms with van der Waals surface area (Å²) in [6.07, 6.45) is 1.57. The van der Waals surface area contributed by atoms with E-state index in [-0.39, 0.29) is 6.03 Å². The molecule has 2 amide bonds.